The molecule has 0 spiro atoms. The molecule has 1 N–H and O–H groups in total. The van der Waals surface area contributed by atoms with Crippen LogP contribution < -0.4 is 10.2 Å². The molecule has 3 rings (SSSR count). The number of nitrogens with one attached hydrogen (secondary N) is 1. The minimum Gasteiger partial charge on any atom is -0.337 e. The Morgan fingerprint density at radius 2 is 2.04 bits per heavy atom. The maximum absolute atomic E-state index is 13.4. The molecule has 1 aromatic carbocycles. The van der Waals surface area contributed by atoms with Gasteiger partial charge in [0.1, 0.15) is 5.92 Å². The maximum atomic E-state index is 13.4. The van der Waals surface area contributed by atoms with E-state index in [-0.39, 0.29) is 23.5 Å². The van der Waals surface area contributed by atoms with Gasteiger partial charge in [-0.2, -0.15) is 0 Å². The average Bonchev–Trinajstić information content (AvgIpc) is 2.91. The first-order chi connectivity index (χ1) is 11.0. The number of carbonyl (C=O) groups is 2. The van der Waals surface area contributed by atoms with Crippen molar-refractivity contribution in [2.45, 2.75) is 19.4 Å². The van der Waals surface area contributed by atoms with Crippen LogP contribution in [0, 0.1) is 17.6 Å². The highest BCUT2D eigenvalue weighted by atomic mass is 19.2. The molecule has 2 atom stereocenters. The molecular weight excluding hydrogens is 304 g/mol. The number of hydrogen-bond donors (Lipinski definition) is 1. The van der Waals surface area contributed by atoms with E-state index < -0.39 is 17.6 Å². The van der Waals surface area contributed by atoms with E-state index >= 15 is 0 Å². The fraction of sp³-hybridized carbons (Fsp3) is 0.500. The highest BCUT2D eigenvalue weighted by molar-refractivity contribution is 6.09. The number of anilines is 1. The van der Waals surface area contributed by atoms with E-state index in [2.05, 4.69) is 5.32 Å². The fourth-order valence-electron chi connectivity index (χ4n) is 3.19. The molecule has 2 aliphatic rings. The lowest BCUT2D eigenvalue weighted by atomic mass is 10.0. The van der Waals surface area contributed by atoms with Gasteiger partial charge < -0.3 is 15.1 Å². The number of piperazine rings is 1. The summed E-state index contributed by atoms with van der Waals surface area (Å²) in [5, 5.41) is 3.20. The number of amides is 2. The largest absolute Gasteiger partial charge is 0.337 e. The fourth-order valence-corrected chi connectivity index (χ4v) is 3.19. The van der Waals surface area contributed by atoms with Crippen molar-refractivity contribution in [1.82, 2.24) is 10.2 Å². The van der Waals surface area contributed by atoms with Crippen LogP contribution in [0.5, 0.6) is 0 Å². The lowest BCUT2D eigenvalue weighted by Gasteiger charge is -2.35. The highest BCUT2D eigenvalue weighted by Crippen LogP contribution is 2.28. The van der Waals surface area contributed by atoms with Crippen LogP contribution in [0.25, 0.3) is 0 Å². The topological polar surface area (TPSA) is 52.7 Å². The van der Waals surface area contributed by atoms with Gasteiger partial charge >= 0.3 is 0 Å². The second-order valence-corrected chi connectivity index (χ2v) is 6.01. The number of nitrogens with zero attached hydrogens (tertiary/aromatic N) is 2. The smallest absolute Gasteiger partial charge is 0.239 e. The molecular formula is C16H19F2N3O2. The number of rotatable bonds is 2. The first kappa shape index (κ1) is 15.9. The number of halogens is 2. The van der Waals surface area contributed by atoms with Crippen molar-refractivity contribution in [1.29, 1.82) is 0 Å². The summed E-state index contributed by atoms with van der Waals surface area (Å²) in [6.45, 7) is 4.27. The molecule has 2 saturated heterocycles. The van der Waals surface area contributed by atoms with Crippen molar-refractivity contribution in [3.63, 3.8) is 0 Å². The zero-order valence-corrected chi connectivity index (χ0v) is 12.9. The Morgan fingerprint density at radius 1 is 1.26 bits per heavy atom. The minimum absolute atomic E-state index is 0.0429. The van der Waals surface area contributed by atoms with Gasteiger partial charge in [-0.05, 0) is 25.5 Å². The van der Waals surface area contributed by atoms with E-state index in [1.165, 1.54) is 11.0 Å². The highest BCUT2D eigenvalue weighted by Gasteiger charge is 2.41. The van der Waals surface area contributed by atoms with Gasteiger partial charge in [-0.1, -0.05) is 0 Å². The zero-order valence-electron chi connectivity index (χ0n) is 12.9. The van der Waals surface area contributed by atoms with Crippen LogP contribution in [-0.4, -0.2) is 48.9 Å². The average molecular weight is 323 g/mol. The Kier molecular flexibility index (Phi) is 4.30. The van der Waals surface area contributed by atoms with E-state index in [0.29, 0.717) is 32.6 Å². The van der Waals surface area contributed by atoms with E-state index in [1.807, 2.05) is 6.92 Å². The molecule has 0 aliphatic carbocycles. The van der Waals surface area contributed by atoms with Gasteiger partial charge in [0.05, 0.1) is 0 Å². The van der Waals surface area contributed by atoms with Crippen molar-refractivity contribution >= 4 is 17.5 Å². The molecule has 0 radical (unpaired) electrons. The second kappa shape index (κ2) is 6.23. The van der Waals surface area contributed by atoms with Gasteiger partial charge in [0.2, 0.25) is 11.8 Å². The zero-order chi connectivity index (χ0) is 16.6. The summed E-state index contributed by atoms with van der Waals surface area (Å²) in [6, 6.07) is 3.39. The summed E-state index contributed by atoms with van der Waals surface area (Å²) in [4.78, 5) is 28.3. The standard InChI is InChI=1S/C16H19F2N3O2/c1-10-9-19-5-7-20(10)15(22)12-4-6-21(16(12)23)11-2-3-13(17)14(18)8-11/h2-3,8,10,12,19H,4-7,9H2,1H3/t10-,12?/m1/s1. The molecule has 124 valence electrons. The Labute approximate surface area is 133 Å². The monoisotopic (exact) mass is 323 g/mol. The van der Waals surface area contributed by atoms with Crippen molar-refractivity contribution in [2.75, 3.05) is 31.1 Å². The van der Waals surface area contributed by atoms with Crippen molar-refractivity contribution in [2.24, 2.45) is 5.92 Å². The molecule has 2 aliphatic heterocycles. The molecule has 2 fully saturated rings. The summed E-state index contributed by atoms with van der Waals surface area (Å²) in [6.07, 6.45) is 0.396. The van der Waals surface area contributed by atoms with Crippen LogP contribution in [0.2, 0.25) is 0 Å². The number of carbonyl (C=O) groups excluding carboxylic acids is 2. The molecule has 7 heteroatoms. The Bertz CT molecular complexity index is 638. The van der Waals surface area contributed by atoms with E-state index in [1.54, 1.807) is 4.90 Å². The number of benzene rings is 1. The normalized spacial score (nSPS) is 25.1. The summed E-state index contributed by atoms with van der Waals surface area (Å²) < 4.78 is 26.4. The Hall–Kier alpha value is -2.02. The first-order valence-corrected chi connectivity index (χ1v) is 7.76. The predicted octanol–water partition coefficient (Wildman–Crippen LogP) is 1.14. The van der Waals surface area contributed by atoms with Gasteiger partial charge in [0.15, 0.2) is 11.6 Å². The van der Waals surface area contributed by atoms with Gasteiger partial charge in [-0.3, -0.25) is 9.59 Å². The quantitative estimate of drug-likeness (QED) is 0.831. The molecule has 2 heterocycles. The van der Waals surface area contributed by atoms with Crippen LogP contribution in [0.1, 0.15) is 13.3 Å². The second-order valence-electron chi connectivity index (χ2n) is 6.01. The van der Waals surface area contributed by atoms with Gasteiger partial charge in [0, 0.05) is 44.0 Å². The van der Waals surface area contributed by atoms with E-state index in [4.69, 9.17) is 0 Å². The van der Waals surface area contributed by atoms with Crippen LogP contribution in [0.3, 0.4) is 0 Å². The van der Waals surface area contributed by atoms with Crippen LogP contribution in [0.4, 0.5) is 14.5 Å². The van der Waals surface area contributed by atoms with E-state index in [9.17, 15) is 18.4 Å². The lowest BCUT2D eigenvalue weighted by molar-refractivity contribution is -0.142. The van der Waals surface area contributed by atoms with Crippen LogP contribution >= 0.6 is 0 Å². The van der Waals surface area contributed by atoms with Crippen LogP contribution in [0.15, 0.2) is 18.2 Å². The molecule has 0 saturated carbocycles. The maximum Gasteiger partial charge on any atom is 0.239 e. The third-order valence-corrected chi connectivity index (χ3v) is 4.50. The molecule has 23 heavy (non-hydrogen) atoms. The van der Waals surface area contributed by atoms with Crippen molar-refractivity contribution in [3.8, 4) is 0 Å². The molecule has 2 amide bonds. The van der Waals surface area contributed by atoms with Gasteiger partial charge in [0.25, 0.3) is 0 Å². The molecule has 0 bridgehead atoms. The van der Waals surface area contributed by atoms with Crippen LogP contribution in [-0.2, 0) is 9.59 Å². The first-order valence-electron chi connectivity index (χ1n) is 7.76. The molecule has 1 aromatic rings. The van der Waals surface area contributed by atoms with Gasteiger partial charge in [-0.25, -0.2) is 8.78 Å². The third-order valence-electron chi connectivity index (χ3n) is 4.50. The predicted molar refractivity (Wildman–Crippen MR) is 80.9 cm³/mol. The summed E-state index contributed by atoms with van der Waals surface area (Å²) in [5.41, 5.74) is 0.289. The summed E-state index contributed by atoms with van der Waals surface area (Å²) in [7, 11) is 0. The third kappa shape index (κ3) is 2.93. The van der Waals surface area contributed by atoms with Gasteiger partial charge in [-0.15, -0.1) is 0 Å². The molecule has 0 aromatic heterocycles. The molecule has 5 nitrogen and oxygen atoms in total. The number of hydrogen-bond acceptors (Lipinski definition) is 3. The Morgan fingerprint density at radius 3 is 2.74 bits per heavy atom. The summed E-state index contributed by atoms with van der Waals surface area (Å²) in [5.74, 6) is -3.20. The van der Waals surface area contributed by atoms with Crippen molar-refractivity contribution < 1.29 is 18.4 Å². The van der Waals surface area contributed by atoms with Crippen molar-refractivity contribution in [3.05, 3.63) is 29.8 Å². The molecule has 1 unspecified atom stereocenters. The summed E-state index contributed by atoms with van der Waals surface area (Å²) >= 11 is 0. The lowest BCUT2D eigenvalue weighted by Crippen LogP contribution is -2.54. The Balaban J connectivity index is 1.75. The SMILES string of the molecule is C[C@@H]1CNCCN1C(=O)C1CCN(c2ccc(F)c(F)c2)C1=O. The minimum atomic E-state index is -0.999. The van der Waals surface area contributed by atoms with E-state index in [0.717, 1.165) is 12.1 Å².